The molecule has 0 spiro atoms. The van der Waals surface area contributed by atoms with Crippen LogP contribution >= 0.6 is 0 Å². The molecule has 0 aliphatic heterocycles. The first-order valence-corrected chi connectivity index (χ1v) is 5.55. The number of halogens is 1. The Morgan fingerprint density at radius 3 is 2.63 bits per heavy atom. The van der Waals surface area contributed by atoms with Gasteiger partial charge < -0.3 is 15.6 Å². The molecule has 98 valence electrons. The van der Waals surface area contributed by atoms with Crippen molar-refractivity contribution in [2.45, 2.75) is 6.92 Å². The molecule has 0 amide bonds. The number of benzene rings is 2. The van der Waals surface area contributed by atoms with Gasteiger partial charge in [0, 0.05) is 0 Å². The highest BCUT2D eigenvalue weighted by Crippen LogP contribution is 2.33. The van der Waals surface area contributed by atoms with Crippen LogP contribution in [0.5, 0.6) is 11.5 Å². The Labute approximate surface area is 109 Å². The second kappa shape index (κ2) is 4.97. The number of aromatic carboxylic acids is 1. The van der Waals surface area contributed by atoms with Gasteiger partial charge in [-0.1, -0.05) is 18.2 Å². The third kappa shape index (κ3) is 2.49. The summed E-state index contributed by atoms with van der Waals surface area (Å²) in [5.74, 6) is -1.84. The van der Waals surface area contributed by atoms with Crippen molar-refractivity contribution in [1.29, 1.82) is 0 Å². The first-order valence-electron chi connectivity index (χ1n) is 5.55. The van der Waals surface area contributed by atoms with E-state index < -0.39 is 11.8 Å². The lowest BCUT2D eigenvalue weighted by molar-refractivity contribution is 0.0694. The highest BCUT2D eigenvalue weighted by atomic mass is 19.1. The van der Waals surface area contributed by atoms with Crippen LogP contribution in [0.1, 0.15) is 15.9 Å². The molecule has 3 N–H and O–H groups in total. The predicted octanol–water partition coefficient (Wildman–Crippen LogP) is 3.21. The van der Waals surface area contributed by atoms with Crippen LogP contribution in [0.3, 0.4) is 0 Å². The number of ether oxygens (including phenoxy) is 1. The second-order valence-corrected chi connectivity index (χ2v) is 4.02. The second-order valence-electron chi connectivity index (χ2n) is 4.02. The summed E-state index contributed by atoms with van der Waals surface area (Å²) in [5.41, 5.74) is 6.12. The molecule has 0 aliphatic carbocycles. The molecule has 0 unspecified atom stereocenters. The predicted molar refractivity (Wildman–Crippen MR) is 69.0 cm³/mol. The summed E-state index contributed by atoms with van der Waals surface area (Å²) in [6.45, 7) is 1.59. The van der Waals surface area contributed by atoms with Crippen molar-refractivity contribution >= 4 is 11.7 Å². The lowest BCUT2D eigenvalue weighted by Crippen LogP contribution is -2.03. The van der Waals surface area contributed by atoms with Crippen LogP contribution in [0.15, 0.2) is 36.4 Å². The number of nitrogen functional groups attached to an aromatic ring is 1. The molecule has 0 bridgehead atoms. The van der Waals surface area contributed by atoms with Crippen LogP contribution in [0.2, 0.25) is 0 Å². The molecule has 4 nitrogen and oxygen atoms in total. The molecule has 0 aliphatic rings. The number of nitrogens with two attached hydrogens (primary N) is 1. The van der Waals surface area contributed by atoms with E-state index in [9.17, 15) is 9.18 Å². The van der Waals surface area contributed by atoms with Crippen molar-refractivity contribution < 1.29 is 19.0 Å². The summed E-state index contributed by atoms with van der Waals surface area (Å²) in [4.78, 5) is 11.1. The molecule has 0 heterocycles. The fourth-order valence-electron chi connectivity index (χ4n) is 1.65. The van der Waals surface area contributed by atoms with E-state index >= 15 is 0 Å². The van der Waals surface area contributed by atoms with Crippen LogP contribution in [0.25, 0.3) is 0 Å². The van der Waals surface area contributed by atoms with Crippen LogP contribution in [0, 0.1) is 12.7 Å². The van der Waals surface area contributed by atoms with Crippen molar-refractivity contribution in [3.63, 3.8) is 0 Å². The van der Waals surface area contributed by atoms with Crippen molar-refractivity contribution in [3.8, 4) is 11.5 Å². The summed E-state index contributed by atoms with van der Waals surface area (Å²) in [5, 5.41) is 9.06. The Bertz CT molecular complexity index is 641. The average molecular weight is 261 g/mol. The van der Waals surface area contributed by atoms with Gasteiger partial charge in [0.25, 0.3) is 0 Å². The zero-order valence-electron chi connectivity index (χ0n) is 10.2. The minimum atomic E-state index is -1.18. The highest BCUT2D eigenvalue weighted by molar-refractivity contribution is 5.93. The Balaban J connectivity index is 2.49. The maximum absolute atomic E-state index is 13.8. The number of para-hydroxylation sites is 1. The van der Waals surface area contributed by atoms with Gasteiger partial charge in [0.1, 0.15) is 5.56 Å². The van der Waals surface area contributed by atoms with Gasteiger partial charge in [0.2, 0.25) is 0 Å². The maximum atomic E-state index is 13.8. The van der Waals surface area contributed by atoms with Crippen molar-refractivity contribution in [2.24, 2.45) is 0 Å². The third-order valence-corrected chi connectivity index (χ3v) is 2.64. The standard InChI is InChI=1S/C14H12FNO3/c1-8-4-2-7-11(12(8)15)19-13-9(14(17)18)5-3-6-10(13)16/h2-7H,16H2,1H3,(H,17,18). The Morgan fingerprint density at radius 1 is 1.26 bits per heavy atom. The van der Waals surface area contributed by atoms with Gasteiger partial charge in [0.15, 0.2) is 17.3 Å². The molecular weight excluding hydrogens is 249 g/mol. The summed E-state index contributed by atoms with van der Waals surface area (Å²) in [6, 6.07) is 8.97. The lowest BCUT2D eigenvalue weighted by Gasteiger charge is -2.12. The van der Waals surface area contributed by atoms with E-state index in [0.717, 1.165) is 0 Å². The molecule has 0 atom stereocenters. The fraction of sp³-hybridized carbons (Fsp3) is 0.0714. The lowest BCUT2D eigenvalue weighted by atomic mass is 10.1. The highest BCUT2D eigenvalue weighted by Gasteiger charge is 2.16. The summed E-state index contributed by atoms with van der Waals surface area (Å²) in [6.07, 6.45) is 0. The van der Waals surface area contributed by atoms with Crippen molar-refractivity contribution in [1.82, 2.24) is 0 Å². The molecule has 0 saturated heterocycles. The number of aryl methyl sites for hydroxylation is 1. The van der Waals surface area contributed by atoms with Crippen molar-refractivity contribution in [2.75, 3.05) is 5.73 Å². The molecule has 0 saturated carbocycles. The molecule has 2 aromatic rings. The largest absolute Gasteiger partial charge is 0.478 e. The van der Waals surface area contributed by atoms with Gasteiger partial charge in [-0.05, 0) is 30.7 Å². The Hall–Kier alpha value is -2.56. The van der Waals surface area contributed by atoms with Gasteiger partial charge in [-0.2, -0.15) is 0 Å². The number of anilines is 1. The average Bonchev–Trinajstić information content (AvgIpc) is 2.36. The van der Waals surface area contributed by atoms with Gasteiger partial charge in [0.05, 0.1) is 5.69 Å². The van der Waals surface area contributed by atoms with E-state index in [1.165, 1.54) is 24.3 Å². The van der Waals surface area contributed by atoms with E-state index in [0.29, 0.717) is 5.56 Å². The minimum Gasteiger partial charge on any atom is -0.478 e. The van der Waals surface area contributed by atoms with E-state index in [2.05, 4.69) is 0 Å². The van der Waals surface area contributed by atoms with Gasteiger partial charge in [-0.3, -0.25) is 0 Å². The number of carboxylic acid groups (broad SMARTS) is 1. The number of hydrogen-bond acceptors (Lipinski definition) is 3. The number of carbonyl (C=O) groups is 1. The molecule has 0 fully saturated rings. The van der Waals surface area contributed by atoms with Crippen LogP contribution in [-0.2, 0) is 0 Å². The van der Waals surface area contributed by atoms with E-state index in [4.69, 9.17) is 15.6 Å². The SMILES string of the molecule is Cc1cccc(Oc2c(N)cccc2C(=O)O)c1F. The topological polar surface area (TPSA) is 72.5 Å². The van der Waals surface area contributed by atoms with Crippen LogP contribution in [0.4, 0.5) is 10.1 Å². The maximum Gasteiger partial charge on any atom is 0.339 e. The van der Waals surface area contributed by atoms with Gasteiger partial charge in [-0.25, -0.2) is 9.18 Å². The Kier molecular flexibility index (Phi) is 3.37. The van der Waals surface area contributed by atoms with Crippen molar-refractivity contribution in [3.05, 3.63) is 53.3 Å². The minimum absolute atomic E-state index is 0.0552. The monoisotopic (exact) mass is 261 g/mol. The summed E-state index contributed by atoms with van der Waals surface area (Å²) < 4.78 is 19.2. The molecular formula is C14H12FNO3. The fourth-order valence-corrected chi connectivity index (χ4v) is 1.65. The third-order valence-electron chi connectivity index (χ3n) is 2.64. The molecule has 0 aromatic heterocycles. The molecule has 2 aromatic carbocycles. The van der Waals surface area contributed by atoms with Gasteiger partial charge in [-0.15, -0.1) is 0 Å². The molecule has 0 radical (unpaired) electrons. The van der Waals surface area contributed by atoms with Gasteiger partial charge >= 0.3 is 5.97 Å². The Morgan fingerprint density at radius 2 is 1.95 bits per heavy atom. The number of hydrogen-bond donors (Lipinski definition) is 2. The van der Waals surface area contributed by atoms with E-state index in [1.54, 1.807) is 19.1 Å². The molecule has 5 heteroatoms. The quantitative estimate of drug-likeness (QED) is 0.832. The first kappa shape index (κ1) is 12.9. The zero-order valence-corrected chi connectivity index (χ0v) is 10.2. The molecule has 2 rings (SSSR count). The molecule has 19 heavy (non-hydrogen) atoms. The van der Waals surface area contributed by atoms with Crippen LogP contribution in [-0.4, -0.2) is 11.1 Å². The number of carboxylic acids is 1. The number of rotatable bonds is 3. The summed E-state index contributed by atoms with van der Waals surface area (Å²) in [7, 11) is 0. The smallest absolute Gasteiger partial charge is 0.339 e. The van der Waals surface area contributed by atoms with E-state index in [1.807, 2.05) is 0 Å². The normalized spacial score (nSPS) is 10.2. The first-order chi connectivity index (χ1) is 9.00. The van der Waals surface area contributed by atoms with E-state index in [-0.39, 0.29) is 22.7 Å². The zero-order chi connectivity index (χ0) is 14.0. The summed E-state index contributed by atoms with van der Waals surface area (Å²) >= 11 is 0. The van der Waals surface area contributed by atoms with Crippen LogP contribution < -0.4 is 10.5 Å².